The molecule has 0 radical (unpaired) electrons. The summed E-state index contributed by atoms with van der Waals surface area (Å²) in [5.41, 5.74) is 6.43. The molecule has 0 unspecified atom stereocenters. The minimum Gasteiger partial charge on any atom is -0.267 e. The van der Waals surface area contributed by atoms with Gasteiger partial charge in [0.05, 0.1) is 9.77 Å². The van der Waals surface area contributed by atoms with Gasteiger partial charge in [-0.05, 0) is 61.4 Å². The lowest BCUT2D eigenvalue weighted by atomic mass is 9.90. The van der Waals surface area contributed by atoms with Crippen molar-refractivity contribution >= 4 is 33.2 Å². The number of sulfonamides is 1. The molecule has 2 aromatic rings. The number of aryl methyl sites for hydroxylation is 2. The third-order valence-corrected chi connectivity index (χ3v) is 6.89. The minimum absolute atomic E-state index is 0.0872. The summed E-state index contributed by atoms with van der Waals surface area (Å²) in [4.78, 5) is 26.2. The average molecular weight is 408 g/mol. The van der Waals surface area contributed by atoms with Gasteiger partial charge in [0, 0.05) is 10.4 Å². The van der Waals surface area contributed by atoms with Crippen LogP contribution in [0.2, 0.25) is 0 Å². The fourth-order valence-electron chi connectivity index (χ4n) is 3.11. The summed E-state index contributed by atoms with van der Waals surface area (Å²) < 4.78 is 23.2. The Bertz CT molecular complexity index is 1010. The molecular weight excluding hydrogens is 386 g/mol. The first-order chi connectivity index (χ1) is 12.6. The van der Waals surface area contributed by atoms with Crippen molar-refractivity contribution < 1.29 is 18.0 Å². The number of thiophene rings is 1. The highest BCUT2D eigenvalue weighted by atomic mass is 32.2. The maximum atomic E-state index is 12.3. The first kappa shape index (κ1) is 19.5. The number of hydrogen-bond acceptors (Lipinski definition) is 5. The number of amides is 2. The Morgan fingerprint density at radius 2 is 1.89 bits per heavy atom. The summed E-state index contributed by atoms with van der Waals surface area (Å²) in [5.74, 6) is -0.408. The zero-order valence-electron chi connectivity index (χ0n) is 15.0. The van der Waals surface area contributed by atoms with Gasteiger partial charge in [-0.1, -0.05) is 13.0 Å². The van der Waals surface area contributed by atoms with Gasteiger partial charge in [-0.2, -0.15) is 0 Å². The molecule has 0 bridgehead atoms. The second-order valence-electron chi connectivity index (χ2n) is 6.84. The van der Waals surface area contributed by atoms with Gasteiger partial charge in [-0.25, -0.2) is 13.6 Å². The van der Waals surface area contributed by atoms with Crippen LogP contribution in [0, 0.1) is 12.8 Å². The van der Waals surface area contributed by atoms with Crippen LogP contribution < -0.4 is 16.0 Å². The second kappa shape index (κ2) is 7.41. The molecule has 1 aromatic carbocycles. The summed E-state index contributed by atoms with van der Waals surface area (Å²) in [7, 11) is -3.94. The summed E-state index contributed by atoms with van der Waals surface area (Å²) in [6.07, 6.45) is 3.05. The van der Waals surface area contributed by atoms with Gasteiger partial charge in [0.15, 0.2) is 0 Å². The van der Waals surface area contributed by atoms with Gasteiger partial charge < -0.3 is 0 Å². The monoisotopic (exact) mass is 407 g/mol. The van der Waals surface area contributed by atoms with Crippen LogP contribution in [-0.4, -0.2) is 20.2 Å². The summed E-state index contributed by atoms with van der Waals surface area (Å²) in [6, 6.07) is 6.03. The van der Waals surface area contributed by atoms with E-state index in [1.807, 2.05) is 6.07 Å². The van der Waals surface area contributed by atoms with Crippen molar-refractivity contribution in [3.8, 4) is 0 Å². The van der Waals surface area contributed by atoms with E-state index in [9.17, 15) is 18.0 Å². The fraction of sp³-hybridized carbons (Fsp3) is 0.333. The van der Waals surface area contributed by atoms with Gasteiger partial charge in [0.25, 0.3) is 11.8 Å². The number of hydrogen-bond donors (Lipinski definition) is 3. The summed E-state index contributed by atoms with van der Waals surface area (Å²) in [5, 5.41) is 5.15. The van der Waals surface area contributed by atoms with Crippen LogP contribution >= 0.6 is 11.3 Å². The van der Waals surface area contributed by atoms with E-state index in [-0.39, 0.29) is 10.5 Å². The predicted octanol–water partition coefficient (Wildman–Crippen LogP) is 1.90. The Morgan fingerprint density at radius 1 is 1.19 bits per heavy atom. The molecule has 1 heterocycles. The van der Waals surface area contributed by atoms with Crippen molar-refractivity contribution in [2.45, 2.75) is 38.0 Å². The molecule has 0 fully saturated rings. The van der Waals surface area contributed by atoms with Crippen molar-refractivity contribution in [3.05, 3.63) is 50.7 Å². The van der Waals surface area contributed by atoms with E-state index in [1.165, 1.54) is 40.0 Å². The van der Waals surface area contributed by atoms with Crippen molar-refractivity contribution in [2.75, 3.05) is 0 Å². The molecule has 4 N–H and O–H groups in total. The van der Waals surface area contributed by atoms with E-state index in [4.69, 9.17) is 5.14 Å². The third kappa shape index (κ3) is 4.37. The number of benzene rings is 1. The van der Waals surface area contributed by atoms with Crippen LogP contribution in [0.25, 0.3) is 0 Å². The topological polar surface area (TPSA) is 118 Å². The molecule has 0 saturated heterocycles. The van der Waals surface area contributed by atoms with Crippen LogP contribution in [0.1, 0.15) is 49.4 Å². The number of rotatable bonds is 3. The van der Waals surface area contributed by atoms with Crippen LogP contribution in [0.5, 0.6) is 0 Å². The third-order valence-electron chi connectivity index (χ3n) is 4.60. The quantitative estimate of drug-likeness (QED) is 0.673. The van der Waals surface area contributed by atoms with Gasteiger partial charge in [-0.3, -0.25) is 20.4 Å². The fourth-order valence-corrected chi connectivity index (χ4v) is 5.02. The van der Waals surface area contributed by atoms with Crippen molar-refractivity contribution in [1.29, 1.82) is 0 Å². The van der Waals surface area contributed by atoms with Gasteiger partial charge in [0.1, 0.15) is 0 Å². The average Bonchev–Trinajstić information content (AvgIpc) is 3.02. The smallest absolute Gasteiger partial charge is 0.267 e. The molecule has 0 aliphatic heterocycles. The first-order valence-electron chi connectivity index (χ1n) is 8.51. The number of carbonyl (C=O) groups excluding carboxylic acids is 2. The molecule has 0 spiro atoms. The lowest BCUT2D eigenvalue weighted by Crippen LogP contribution is -2.41. The van der Waals surface area contributed by atoms with E-state index >= 15 is 0 Å². The maximum Gasteiger partial charge on any atom is 0.279 e. The normalized spacial score (nSPS) is 16.5. The Kier molecular flexibility index (Phi) is 5.36. The Labute approximate surface area is 162 Å². The number of nitrogens with one attached hydrogen (secondary N) is 2. The number of fused-ring (bicyclic) bond motifs is 1. The maximum absolute atomic E-state index is 12.3. The Morgan fingerprint density at radius 3 is 2.59 bits per heavy atom. The van der Waals surface area contributed by atoms with E-state index < -0.39 is 21.8 Å². The van der Waals surface area contributed by atoms with E-state index in [2.05, 4.69) is 17.8 Å². The van der Waals surface area contributed by atoms with Crippen molar-refractivity contribution in [2.24, 2.45) is 11.1 Å². The van der Waals surface area contributed by atoms with Gasteiger partial charge in [-0.15, -0.1) is 11.3 Å². The van der Waals surface area contributed by atoms with Gasteiger partial charge in [0.2, 0.25) is 10.0 Å². The first-order valence-corrected chi connectivity index (χ1v) is 10.9. The predicted molar refractivity (Wildman–Crippen MR) is 103 cm³/mol. The van der Waals surface area contributed by atoms with Gasteiger partial charge >= 0.3 is 0 Å². The van der Waals surface area contributed by atoms with Crippen LogP contribution in [0.15, 0.2) is 29.2 Å². The highest BCUT2D eigenvalue weighted by molar-refractivity contribution is 7.89. The molecule has 2 amide bonds. The molecular formula is C18H21N3O4S2. The number of hydrazine groups is 1. The van der Waals surface area contributed by atoms with Crippen molar-refractivity contribution in [1.82, 2.24) is 10.9 Å². The molecule has 0 saturated carbocycles. The minimum atomic E-state index is -3.94. The Hall–Kier alpha value is -2.23. The molecule has 1 aromatic heterocycles. The standard InChI is InChI=1S/C18H21N3O4S2/c1-10-3-6-14-13(7-10)8-15(26-14)18(23)21-20-17(22)12-5-4-11(2)16(9-12)27(19,24)25/h4-5,8-10H,3,6-7H2,1-2H3,(H,20,22)(H,21,23)(H2,19,24,25)/t10-/m1/s1. The zero-order valence-corrected chi connectivity index (χ0v) is 16.7. The molecule has 144 valence electrons. The van der Waals surface area contributed by atoms with E-state index in [0.717, 1.165) is 19.3 Å². The molecule has 3 rings (SSSR count). The number of nitrogens with two attached hydrogens (primary N) is 1. The molecule has 1 aliphatic carbocycles. The summed E-state index contributed by atoms with van der Waals surface area (Å²) >= 11 is 1.44. The number of carbonyl (C=O) groups is 2. The van der Waals surface area contributed by atoms with E-state index in [0.29, 0.717) is 16.4 Å². The lowest BCUT2D eigenvalue weighted by molar-refractivity contribution is 0.0848. The van der Waals surface area contributed by atoms with E-state index in [1.54, 1.807) is 6.92 Å². The molecule has 9 heteroatoms. The highest BCUT2D eigenvalue weighted by Crippen LogP contribution is 2.32. The molecule has 7 nitrogen and oxygen atoms in total. The molecule has 1 aliphatic rings. The molecule has 27 heavy (non-hydrogen) atoms. The van der Waals surface area contributed by atoms with Crippen LogP contribution in [0.4, 0.5) is 0 Å². The SMILES string of the molecule is Cc1ccc(C(=O)NNC(=O)c2cc3c(s2)CC[C@@H](C)C3)cc1S(N)(=O)=O. The molecule has 1 atom stereocenters. The second-order valence-corrected chi connectivity index (χ2v) is 9.51. The zero-order chi connectivity index (χ0) is 19.8. The highest BCUT2D eigenvalue weighted by Gasteiger charge is 2.21. The largest absolute Gasteiger partial charge is 0.279 e. The number of primary sulfonamides is 1. The van der Waals surface area contributed by atoms with Crippen LogP contribution in [-0.2, 0) is 22.9 Å². The van der Waals surface area contributed by atoms with Crippen molar-refractivity contribution in [3.63, 3.8) is 0 Å². The summed E-state index contributed by atoms with van der Waals surface area (Å²) in [6.45, 7) is 3.78. The lowest BCUT2D eigenvalue weighted by Gasteiger charge is -2.16. The van der Waals surface area contributed by atoms with Crippen LogP contribution in [0.3, 0.4) is 0 Å². The Balaban J connectivity index is 1.68.